The summed E-state index contributed by atoms with van der Waals surface area (Å²) in [7, 11) is 0. The van der Waals surface area contributed by atoms with Gasteiger partial charge in [-0.25, -0.2) is 0 Å². The summed E-state index contributed by atoms with van der Waals surface area (Å²) in [5.74, 6) is 0.778. The number of hydrogen-bond donors (Lipinski definition) is 1. The van der Waals surface area contributed by atoms with Crippen LogP contribution in [0.5, 0.6) is 0 Å². The summed E-state index contributed by atoms with van der Waals surface area (Å²) in [5.41, 5.74) is 1.72. The second kappa shape index (κ2) is 7.15. The Bertz CT molecular complexity index is 437. The second-order valence-electron chi connectivity index (χ2n) is 6.66. The molecule has 1 aromatic carbocycles. The van der Waals surface area contributed by atoms with E-state index in [2.05, 4.69) is 19.2 Å². The van der Waals surface area contributed by atoms with Gasteiger partial charge in [-0.15, -0.1) is 0 Å². The van der Waals surface area contributed by atoms with Gasteiger partial charge in [0.2, 0.25) is 0 Å². The van der Waals surface area contributed by atoms with Gasteiger partial charge in [0, 0.05) is 13.1 Å². The molecule has 112 valence electrons. The number of rotatable bonds is 6. The van der Waals surface area contributed by atoms with Crippen molar-refractivity contribution in [2.45, 2.75) is 52.5 Å². The summed E-state index contributed by atoms with van der Waals surface area (Å²) < 4.78 is 0. The summed E-state index contributed by atoms with van der Waals surface area (Å²) in [6, 6.07) is 5.88. The summed E-state index contributed by atoms with van der Waals surface area (Å²) in [6.07, 6.45) is 6.86. The minimum absolute atomic E-state index is 0.518. The number of halogens is 2. The van der Waals surface area contributed by atoms with Gasteiger partial charge in [0.25, 0.3) is 0 Å². The first-order valence-electron chi connectivity index (χ1n) is 7.65. The van der Waals surface area contributed by atoms with Gasteiger partial charge in [0.1, 0.15) is 0 Å². The molecule has 0 aromatic heterocycles. The van der Waals surface area contributed by atoms with Gasteiger partial charge in [-0.2, -0.15) is 0 Å². The zero-order valence-corrected chi connectivity index (χ0v) is 14.0. The molecular weight excluding hydrogens is 289 g/mol. The van der Waals surface area contributed by atoms with E-state index in [1.165, 1.54) is 37.7 Å². The molecular formula is C17H25Cl2N. The van der Waals surface area contributed by atoms with Crippen molar-refractivity contribution in [1.29, 1.82) is 0 Å². The van der Waals surface area contributed by atoms with Crippen LogP contribution in [-0.4, -0.2) is 6.54 Å². The molecule has 1 aliphatic rings. The van der Waals surface area contributed by atoms with Crippen molar-refractivity contribution in [2.24, 2.45) is 11.3 Å². The molecule has 3 heteroatoms. The Labute approximate surface area is 133 Å². The number of benzene rings is 1. The van der Waals surface area contributed by atoms with E-state index in [0.29, 0.717) is 15.5 Å². The van der Waals surface area contributed by atoms with Gasteiger partial charge in [-0.05, 0) is 48.3 Å². The average Bonchev–Trinajstić information content (AvgIpc) is 2.81. The van der Waals surface area contributed by atoms with Gasteiger partial charge in [0.15, 0.2) is 0 Å². The Morgan fingerprint density at radius 2 is 1.85 bits per heavy atom. The van der Waals surface area contributed by atoms with Crippen molar-refractivity contribution in [3.05, 3.63) is 33.8 Å². The largest absolute Gasteiger partial charge is 0.312 e. The van der Waals surface area contributed by atoms with Crippen LogP contribution in [0.4, 0.5) is 0 Å². The van der Waals surface area contributed by atoms with Crippen molar-refractivity contribution < 1.29 is 0 Å². The summed E-state index contributed by atoms with van der Waals surface area (Å²) in [6.45, 7) is 6.65. The molecule has 1 fully saturated rings. The predicted octanol–water partition coefficient (Wildman–Crippen LogP) is 5.69. The van der Waals surface area contributed by atoms with E-state index in [4.69, 9.17) is 23.2 Å². The van der Waals surface area contributed by atoms with Crippen molar-refractivity contribution >= 4 is 23.2 Å². The molecule has 1 aliphatic carbocycles. The molecule has 0 amide bonds. The maximum absolute atomic E-state index is 6.06. The van der Waals surface area contributed by atoms with Crippen LogP contribution in [0, 0.1) is 11.3 Å². The Morgan fingerprint density at radius 3 is 2.45 bits per heavy atom. The Kier molecular flexibility index (Phi) is 5.77. The van der Waals surface area contributed by atoms with Gasteiger partial charge < -0.3 is 5.32 Å². The van der Waals surface area contributed by atoms with E-state index >= 15 is 0 Å². The molecule has 0 unspecified atom stereocenters. The monoisotopic (exact) mass is 313 g/mol. The number of nitrogens with one attached hydrogen (secondary N) is 1. The number of hydrogen-bond acceptors (Lipinski definition) is 1. The highest BCUT2D eigenvalue weighted by Crippen LogP contribution is 2.42. The van der Waals surface area contributed by atoms with Gasteiger partial charge in [-0.3, -0.25) is 0 Å². The van der Waals surface area contributed by atoms with E-state index in [1.807, 2.05) is 18.2 Å². The molecule has 0 heterocycles. The zero-order valence-electron chi connectivity index (χ0n) is 12.5. The van der Waals surface area contributed by atoms with Crippen LogP contribution in [0.1, 0.15) is 51.5 Å². The standard InChI is InChI=1S/C17H25Cl2N/c1-13(2)10-17(7-3-4-8-17)12-20-11-14-5-6-15(18)16(19)9-14/h5-6,9,13,20H,3-4,7-8,10-12H2,1-2H3. The lowest BCUT2D eigenvalue weighted by atomic mass is 9.78. The first kappa shape index (κ1) is 16.1. The van der Waals surface area contributed by atoms with Crippen LogP contribution in [0.2, 0.25) is 10.0 Å². The molecule has 0 radical (unpaired) electrons. The van der Waals surface area contributed by atoms with Gasteiger partial charge in [-0.1, -0.05) is 56.0 Å². The van der Waals surface area contributed by atoms with Gasteiger partial charge in [0.05, 0.1) is 10.0 Å². The summed E-state index contributed by atoms with van der Waals surface area (Å²) in [4.78, 5) is 0. The average molecular weight is 314 g/mol. The molecule has 0 spiro atoms. The fourth-order valence-electron chi connectivity index (χ4n) is 3.57. The molecule has 0 saturated heterocycles. The van der Waals surface area contributed by atoms with Crippen LogP contribution >= 0.6 is 23.2 Å². The highest BCUT2D eigenvalue weighted by atomic mass is 35.5. The predicted molar refractivity (Wildman–Crippen MR) is 88.5 cm³/mol. The SMILES string of the molecule is CC(C)CC1(CNCc2ccc(Cl)c(Cl)c2)CCCC1. The van der Waals surface area contributed by atoms with Crippen LogP contribution in [-0.2, 0) is 6.54 Å². The Hall–Kier alpha value is -0.240. The van der Waals surface area contributed by atoms with Crippen molar-refractivity contribution in [3.63, 3.8) is 0 Å². The Morgan fingerprint density at radius 1 is 1.15 bits per heavy atom. The molecule has 0 aliphatic heterocycles. The van der Waals surface area contributed by atoms with Gasteiger partial charge >= 0.3 is 0 Å². The first-order valence-corrected chi connectivity index (χ1v) is 8.41. The Balaban J connectivity index is 1.88. The molecule has 1 aromatic rings. The topological polar surface area (TPSA) is 12.0 Å². The van der Waals surface area contributed by atoms with Crippen LogP contribution in [0.25, 0.3) is 0 Å². The quantitative estimate of drug-likeness (QED) is 0.711. The fourth-order valence-corrected chi connectivity index (χ4v) is 3.89. The van der Waals surface area contributed by atoms with Crippen molar-refractivity contribution in [3.8, 4) is 0 Å². The molecule has 1 saturated carbocycles. The highest BCUT2D eigenvalue weighted by Gasteiger charge is 2.33. The lowest BCUT2D eigenvalue weighted by Gasteiger charge is -2.31. The third kappa shape index (κ3) is 4.38. The smallest absolute Gasteiger partial charge is 0.0595 e. The summed E-state index contributed by atoms with van der Waals surface area (Å²) in [5, 5.41) is 4.90. The first-order chi connectivity index (χ1) is 9.51. The van der Waals surface area contributed by atoms with E-state index < -0.39 is 0 Å². The van der Waals surface area contributed by atoms with E-state index in [1.54, 1.807) is 0 Å². The van der Waals surface area contributed by atoms with E-state index in [9.17, 15) is 0 Å². The molecule has 20 heavy (non-hydrogen) atoms. The second-order valence-corrected chi connectivity index (χ2v) is 7.47. The third-order valence-electron chi connectivity index (χ3n) is 4.32. The third-order valence-corrected chi connectivity index (χ3v) is 5.06. The van der Waals surface area contributed by atoms with Crippen LogP contribution in [0.3, 0.4) is 0 Å². The summed E-state index contributed by atoms with van der Waals surface area (Å²) >= 11 is 12.0. The maximum atomic E-state index is 6.06. The highest BCUT2D eigenvalue weighted by molar-refractivity contribution is 6.42. The minimum Gasteiger partial charge on any atom is -0.312 e. The molecule has 0 atom stereocenters. The van der Waals surface area contributed by atoms with Crippen molar-refractivity contribution in [1.82, 2.24) is 5.32 Å². The molecule has 1 nitrogen and oxygen atoms in total. The lowest BCUT2D eigenvalue weighted by Crippen LogP contribution is -2.33. The molecule has 0 bridgehead atoms. The normalized spacial score (nSPS) is 17.9. The maximum Gasteiger partial charge on any atom is 0.0595 e. The minimum atomic E-state index is 0.518. The van der Waals surface area contributed by atoms with E-state index in [-0.39, 0.29) is 0 Å². The lowest BCUT2D eigenvalue weighted by molar-refractivity contribution is 0.223. The zero-order chi connectivity index (χ0) is 14.6. The fraction of sp³-hybridized carbons (Fsp3) is 0.647. The molecule has 1 N–H and O–H groups in total. The van der Waals surface area contributed by atoms with Crippen molar-refractivity contribution in [2.75, 3.05) is 6.54 Å². The van der Waals surface area contributed by atoms with Crippen LogP contribution < -0.4 is 5.32 Å². The van der Waals surface area contributed by atoms with Crippen LogP contribution in [0.15, 0.2) is 18.2 Å². The van der Waals surface area contributed by atoms with E-state index in [0.717, 1.165) is 19.0 Å². The molecule has 2 rings (SSSR count).